The molecule has 8 heteroatoms. The first-order valence-corrected chi connectivity index (χ1v) is 12.2. The van der Waals surface area contributed by atoms with Gasteiger partial charge in [-0.15, -0.1) is 0 Å². The van der Waals surface area contributed by atoms with Gasteiger partial charge in [0, 0.05) is 23.2 Å². The molecule has 4 rings (SSSR count). The van der Waals surface area contributed by atoms with Crippen molar-refractivity contribution in [1.82, 2.24) is 9.97 Å². The van der Waals surface area contributed by atoms with Crippen molar-refractivity contribution in [2.24, 2.45) is 0 Å². The molecule has 2 aromatic heterocycles. The average Bonchev–Trinajstić information content (AvgIpc) is 2.93. The maximum atomic E-state index is 5.80. The first kappa shape index (κ1) is 25.8. The third-order valence-electron chi connectivity index (χ3n) is 5.28. The highest BCUT2D eigenvalue weighted by molar-refractivity contribution is 5.84. The summed E-state index contributed by atoms with van der Waals surface area (Å²) in [7, 11) is 0. The van der Waals surface area contributed by atoms with Crippen LogP contribution >= 0.6 is 0 Å². The number of fused-ring (bicyclic) bond motifs is 2. The Labute approximate surface area is 211 Å². The van der Waals surface area contributed by atoms with Crippen LogP contribution in [0.5, 0.6) is 11.5 Å². The van der Waals surface area contributed by atoms with Gasteiger partial charge in [0.25, 0.3) is 0 Å². The summed E-state index contributed by atoms with van der Waals surface area (Å²) in [6.45, 7) is 4.95. The quantitative estimate of drug-likeness (QED) is 0.202. The summed E-state index contributed by atoms with van der Waals surface area (Å²) in [5, 5.41) is 2.11. The Morgan fingerprint density at radius 2 is 0.778 bits per heavy atom. The molecule has 0 aliphatic carbocycles. The molecule has 0 aliphatic rings. The van der Waals surface area contributed by atoms with Crippen molar-refractivity contribution in [1.29, 1.82) is 0 Å². The van der Waals surface area contributed by atoms with Crippen LogP contribution in [0, 0.1) is 0 Å². The van der Waals surface area contributed by atoms with Crippen LogP contribution in [-0.2, 0) is 18.9 Å². The number of nitrogens with zero attached hydrogens (tertiary/aromatic N) is 2. The Balaban J connectivity index is 0.932. The average molecular weight is 493 g/mol. The van der Waals surface area contributed by atoms with Gasteiger partial charge in [-0.05, 0) is 24.3 Å². The SMILES string of the molecule is c1cnc2c(OCCOCCOCCOCCOCCOc3cccc4cccnc34)cccc2c1. The summed E-state index contributed by atoms with van der Waals surface area (Å²) in [6.07, 6.45) is 3.53. The van der Waals surface area contributed by atoms with E-state index in [0.717, 1.165) is 33.3 Å². The normalized spacial score (nSPS) is 11.2. The molecule has 0 bridgehead atoms. The standard InChI is InChI=1S/C28H32N2O6/c1-5-23-7-3-11-29-27(23)25(9-1)35-21-19-33-17-15-31-13-14-32-16-18-34-20-22-36-26-10-2-6-24-8-4-12-30-28(24)26/h1-12H,13-22H2. The predicted molar refractivity (Wildman–Crippen MR) is 138 cm³/mol. The summed E-state index contributed by atoms with van der Waals surface area (Å²) in [5.74, 6) is 1.53. The summed E-state index contributed by atoms with van der Waals surface area (Å²) in [6, 6.07) is 19.6. The van der Waals surface area contributed by atoms with Gasteiger partial charge in [0.2, 0.25) is 0 Å². The lowest BCUT2D eigenvalue weighted by Crippen LogP contribution is -2.14. The zero-order valence-electron chi connectivity index (χ0n) is 20.3. The van der Waals surface area contributed by atoms with Crippen LogP contribution in [0.15, 0.2) is 73.1 Å². The highest BCUT2D eigenvalue weighted by Gasteiger charge is 2.03. The van der Waals surface area contributed by atoms with Gasteiger partial charge in [-0.2, -0.15) is 0 Å². The van der Waals surface area contributed by atoms with Gasteiger partial charge < -0.3 is 28.4 Å². The van der Waals surface area contributed by atoms with Crippen LogP contribution in [0.3, 0.4) is 0 Å². The zero-order chi connectivity index (χ0) is 24.7. The molecule has 0 spiro atoms. The van der Waals surface area contributed by atoms with E-state index >= 15 is 0 Å². The van der Waals surface area contributed by atoms with Gasteiger partial charge in [-0.1, -0.05) is 36.4 Å². The number of hydrogen-bond acceptors (Lipinski definition) is 8. The van der Waals surface area contributed by atoms with Gasteiger partial charge in [0.1, 0.15) is 35.7 Å². The molecule has 190 valence electrons. The number of aromatic nitrogens is 2. The molecule has 0 saturated carbocycles. The Hall–Kier alpha value is -3.30. The molecular weight excluding hydrogens is 460 g/mol. The minimum atomic E-state index is 0.461. The molecule has 8 nitrogen and oxygen atoms in total. The summed E-state index contributed by atoms with van der Waals surface area (Å²) >= 11 is 0. The Kier molecular flexibility index (Phi) is 10.7. The minimum Gasteiger partial charge on any atom is -0.489 e. The lowest BCUT2D eigenvalue weighted by atomic mass is 10.2. The molecular formula is C28H32N2O6. The maximum Gasteiger partial charge on any atom is 0.145 e. The van der Waals surface area contributed by atoms with Gasteiger partial charge in [0.15, 0.2) is 0 Å². The van der Waals surface area contributed by atoms with Crippen molar-refractivity contribution >= 4 is 21.8 Å². The largest absolute Gasteiger partial charge is 0.489 e. The van der Waals surface area contributed by atoms with E-state index in [2.05, 4.69) is 9.97 Å². The second-order valence-electron chi connectivity index (χ2n) is 7.81. The van der Waals surface area contributed by atoms with E-state index in [1.54, 1.807) is 12.4 Å². The van der Waals surface area contributed by atoms with Crippen LogP contribution in [0.4, 0.5) is 0 Å². The smallest absolute Gasteiger partial charge is 0.145 e. The third kappa shape index (κ3) is 8.13. The van der Waals surface area contributed by atoms with Gasteiger partial charge >= 0.3 is 0 Å². The molecule has 2 aromatic carbocycles. The number of hydrogen-bond donors (Lipinski definition) is 0. The monoisotopic (exact) mass is 492 g/mol. The number of benzene rings is 2. The number of rotatable bonds is 17. The highest BCUT2D eigenvalue weighted by atomic mass is 16.6. The van der Waals surface area contributed by atoms with Crippen molar-refractivity contribution in [3.63, 3.8) is 0 Å². The lowest BCUT2D eigenvalue weighted by molar-refractivity contribution is -0.00692. The van der Waals surface area contributed by atoms with E-state index in [9.17, 15) is 0 Å². The number of para-hydroxylation sites is 2. The van der Waals surface area contributed by atoms with E-state index < -0.39 is 0 Å². The van der Waals surface area contributed by atoms with Crippen molar-refractivity contribution in [2.75, 3.05) is 66.1 Å². The number of pyridine rings is 2. The lowest BCUT2D eigenvalue weighted by Gasteiger charge is -2.10. The van der Waals surface area contributed by atoms with Gasteiger partial charge in [0.05, 0.1) is 52.9 Å². The fourth-order valence-corrected chi connectivity index (χ4v) is 3.57. The summed E-state index contributed by atoms with van der Waals surface area (Å²) in [5.41, 5.74) is 1.72. The van der Waals surface area contributed by atoms with Crippen molar-refractivity contribution in [3.8, 4) is 11.5 Å². The van der Waals surface area contributed by atoms with Crippen LogP contribution in [0.2, 0.25) is 0 Å². The summed E-state index contributed by atoms with van der Waals surface area (Å²) < 4.78 is 33.7. The highest BCUT2D eigenvalue weighted by Crippen LogP contribution is 2.23. The molecule has 0 N–H and O–H groups in total. The second kappa shape index (κ2) is 15.0. The van der Waals surface area contributed by atoms with Gasteiger partial charge in [-0.25, -0.2) is 0 Å². The van der Waals surface area contributed by atoms with Crippen LogP contribution in [0.1, 0.15) is 0 Å². The molecule has 2 heterocycles. The minimum absolute atomic E-state index is 0.461. The summed E-state index contributed by atoms with van der Waals surface area (Å²) in [4.78, 5) is 8.75. The molecule has 0 aliphatic heterocycles. The zero-order valence-corrected chi connectivity index (χ0v) is 20.3. The van der Waals surface area contributed by atoms with Crippen LogP contribution < -0.4 is 9.47 Å². The number of ether oxygens (including phenoxy) is 6. The first-order valence-electron chi connectivity index (χ1n) is 12.2. The van der Waals surface area contributed by atoms with Crippen LogP contribution in [-0.4, -0.2) is 76.0 Å². The van der Waals surface area contributed by atoms with E-state index in [0.29, 0.717) is 66.1 Å². The Morgan fingerprint density at radius 3 is 1.19 bits per heavy atom. The van der Waals surface area contributed by atoms with Crippen molar-refractivity contribution in [2.45, 2.75) is 0 Å². The molecule has 0 radical (unpaired) electrons. The van der Waals surface area contributed by atoms with Gasteiger partial charge in [-0.3, -0.25) is 9.97 Å². The van der Waals surface area contributed by atoms with E-state index in [4.69, 9.17) is 28.4 Å². The topological polar surface area (TPSA) is 81.2 Å². The maximum absolute atomic E-state index is 5.80. The molecule has 0 amide bonds. The van der Waals surface area contributed by atoms with E-state index in [1.807, 2.05) is 60.7 Å². The van der Waals surface area contributed by atoms with Crippen molar-refractivity contribution < 1.29 is 28.4 Å². The molecule has 36 heavy (non-hydrogen) atoms. The Morgan fingerprint density at radius 1 is 0.417 bits per heavy atom. The van der Waals surface area contributed by atoms with Crippen molar-refractivity contribution in [3.05, 3.63) is 73.1 Å². The van der Waals surface area contributed by atoms with Crippen LogP contribution in [0.25, 0.3) is 21.8 Å². The van der Waals surface area contributed by atoms with E-state index in [1.165, 1.54) is 0 Å². The third-order valence-corrected chi connectivity index (χ3v) is 5.28. The molecule has 0 saturated heterocycles. The molecule has 4 aromatic rings. The molecule has 0 fully saturated rings. The molecule has 0 unspecified atom stereocenters. The van der Waals surface area contributed by atoms with E-state index in [-0.39, 0.29) is 0 Å². The molecule has 0 atom stereocenters. The second-order valence-corrected chi connectivity index (χ2v) is 7.81. The fourth-order valence-electron chi connectivity index (χ4n) is 3.57. The predicted octanol–water partition coefficient (Wildman–Crippen LogP) is 4.31. The fraction of sp³-hybridized carbons (Fsp3) is 0.357. The Bertz CT molecular complexity index is 1080. The first-order chi connectivity index (χ1) is 17.9.